The summed E-state index contributed by atoms with van der Waals surface area (Å²) in [6, 6.07) is -0.483. The summed E-state index contributed by atoms with van der Waals surface area (Å²) >= 11 is 0. The SMILES string of the molecule is CC(C)n1nnc(C(F)(F)F)c1F. The van der Waals surface area contributed by atoms with E-state index in [0.29, 0.717) is 4.68 Å². The van der Waals surface area contributed by atoms with E-state index in [-0.39, 0.29) is 0 Å². The molecule has 74 valence electrons. The molecule has 0 amide bonds. The molecule has 0 atom stereocenters. The van der Waals surface area contributed by atoms with Crippen LogP contribution < -0.4 is 0 Å². The lowest BCUT2D eigenvalue weighted by atomic mass is 10.4. The zero-order valence-electron chi connectivity index (χ0n) is 6.93. The fraction of sp³-hybridized carbons (Fsp3) is 0.667. The second kappa shape index (κ2) is 2.97. The van der Waals surface area contributed by atoms with Crippen molar-refractivity contribution in [1.29, 1.82) is 0 Å². The lowest BCUT2D eigenvalue weighted by Crippen LogP contribution is -2.11. The average molecular weight is 197 g/mol. The summed E-state index contributed by atoms with van der Waals surface area (Å²) in [4.78, 5) is 0. The van der Waals surface area contributed by atoms with E-state index in [1.54, 1.807) is 0 Å². The van der Waals surface area contributed by atoms with Crippen molar-refractivity contribution >= 4 is 0 Å². The van der Waals surface area contributed by atoms with Crippen LogP contribution in [0.15, 0.2) is 0 Å². The summed E-state index contributed by atoms with van der Waals surface area (Å²) in [6.07, 6.45) is -4.78. The van der Waals surface area contributed by atoms with Gasteiger partial charge in [0.15, 0.2) is 0 Å². The Kier molecular flexibility index (Phi) is 2.27. The van der Waals surface area contributed by atoms with Gasteiger partial charge in [-0.2, -0.15) is 17.6 Å². The van der Waals surface area contributed by atoms with Gasteiger partial charge in [-0.15, -0.1) is 5.10 Å². The average Bonchev–Trinajstić information content (AvgIpc) is 2.28. The first-order chi connectivity index (χ1) is 5.84. The third-order valence-corrected chi connectivity index (χ3v) is 1.40. The van der Waals surface area contributed by atoms with Gasteiger partial charge in [0, 0.05) is 0 Å². The molecule has 1 heterocycles. The van der Waals surface area contributed by atoms with E-state index in [9.17, 15) is 17.6 Å². The van der Waals surface area contributed by atoms with E-state index in [0.717, 1.165) is 0 Å². The van der Waals surface area contributed by atoms with Crippen molar-refractivity contribution in [1.82, 2.24) is 15.0 Å². The Morgan fingerprint density at radius 2 is 1.85 bits per heavy atom. The first-order valence-electron chi connectivity index (χ1n) is 3.52. The van der Waals surface area contributed by atoms with Crippen LogP contribution in [-0.2, 0) is 6.18 Å². The normalized spacial score (nSPS) is 12.5. The molecule has 13 heavy (non-hydrogen) atoms. The third kappa shape index (κ3) is 1.78. The molecule has 0 spiro atoms. The lowest BCUT2D eigenvalue weighted by Gasteiger charge is -2.04. The molecule has 0 aliphatic carbocycles. The molecule has 0 aliphatic rings. The highest BCUT2D eigenvalue weighted by atomic mass is 19.4. The minimum absolute atomic E-state index is 0.483. The summed E-state index contributed by atoms with van der Waals surface area (Å²) < 4.78 is 49.4. The van der Waals surface area contributed by atoms with Crippen molar-refractivity contribution in [2.24, 2.45) is 0 Å². The quantitative estimate of drug-likeness (QED) is 0.645. The molecule has 1 aromatic heterocycles. The first kappa shape index (κ1) is 9.94. The van der Waals surface area contributed by atoms with Crippen molar-refractivity contribution in [3.63, 3.8) is 0 Å². The maximum Gasteiger partial charge on any atom is 0.439 e. The van der Waals surface area contributed by atoms with Gasteiger partial charge in [0.05, 0.1) is 6.04 Å². The lowest BCUT2D eigenvalue weighted by molar-refractivity contribution is -0.143. The number of halogens is 4. The third-order valence-electron chi connectivity index (χ3n) is 1.40. The van der Waals surface area contributed by atoms with Crippen molar-refractivity contribution in [3.8, 4) is 0 Å². The number of aromatic nitrogens is 3. The van der Waals surface area contributed by atoms with E-state index in [1.807, 2.05) is 0 Å². The van der Waals surface area contributed by atoms with Crippen molar-refractivity contribution in [2.45, 2.75) is 26.1 Å². The molecule has 0 aromatic carbocycles. The van der Waals surface area contributed by atoms with Gasteiger partial charge < -0.3 is 0 Å². The number of hydrogen-bond acceptors (Lipinski definition) is 2. The van der Waals surface area contributed by atoms with E-state index in [1.165, 1.54) is 13.8 Å². The molecular formula is C6H7F4N3. The Morgan fingerprint density at radius 1 is 1.31 bits per heavy atom. The molecule has 0 unspecified atom stereocenters. The van der Waals surface area contributed by atoms with E-state index >= 15 is 0 Å². The summed E-state index contributed by atoms with van der Waals surface area (Å²) in [5.41, 5.74) is -1.57. The molecule has 0 N–H and O–H groups in total. The number of nitrogens with zero attached hydrogens (tertiary/aromatic N) is 3. The van der Waals surface area contributed by atoms with Gasteiger partial charge in [0.25, 0.3) is 0 Å². The van der Waals surface area contributed by atoms with Gasteiger partial charge in [-0.25, -0.2) is 4.68 Å². The van der Waals surface area contributed by atoms with Gasteiger partial charge in [-0.3, -0.25) is 0 Å². The van der Waals surface area contributed by atoms with Gasteiger partial charge in [-0.1, -0.05) is 5.21 Å². The molecule has 0 radical (unpaired) electrons. The highest BCUT2D eigenvalue weighted by Gasteiger charge is 2.39. The first-order valence-corrected chi connectivity index (χ1v) is 3.52. The summed E-state index contributed by atoms with van der Waals surface area (Å²) in [5, 5.41) is 5.77. The maximum absolute atomic E-state index is 12.9. The fourth-order valence-electron chi connectivity index (χ4n) is 0.786. The largest absolute Gasteiger partial charge is 0.439 e. The van der Waals surface area contributed by atoms with Crippen LogP contribution in [0.2, 0.25) is 0 Å². The van der Waals surface area contributed by atoms with E-state index in [2.05, 4.69) is 10.3 Å². The Bertz CT molecular complexity index is 301. The second-order valence-electron chi connectivity index (χ2n) is 2.76. The van der Waals surface area contributed by atoms with Crippen molar-refractivity contribution < 1.29 is 17.6 Å². The monoisotopic (exact) mass is 197 g/mol. The van der Waals surface area contributed by atoms with Crippen LogP contribution >= 0.6 is 0 Å². The van der Waals surface area contributed by atoms with Crippen LogP contribution in [-0.4, -0.2) is 15.0 Å². The summed E-state index contributed by atoms with van der Waals surface area (Å²) in [6.45, 7) is 3.02. The topological polar surface area (TPSA) is 30.7 Å². The smallest absolute Gasteiger partial charge is 0.216 e. The van der Waals surface area contributed by atoms with Crippen molar-refractivity contribution in [3.05, 3.63) is 11.6 Å². The van der Waals surface area contributed by atoms with Crippen LogP contribution in [0.1, 0.15) is 25.6 Å². The molecule has 0 fully saturated rings. The predicted molar refractivity (Wildman–Crippen MR) is 35.4 cm³/mol. The highest BCUT2D eigenvalue weighted by Crippen LogP contribution is 2.29. The minimum atomic E-state index is -4.78. The Hall–Kier alpha value is -1.14. The van der Waals surface area contributed by atoms with Crippen LogP contribution in [0, 0.1) is 5.95 Å². The van der Waals surface area contributed by atoms with Crippen molar-refractivity contribution in [2.75, 3.05) is 0 Å². The Labute approximate surface area is 71.3 Å². The van der Waals surface area contributed by atoms with Crippen LogP contribution in [0.4, 0.5) is 17.6 Å². The number of rotatable bonds is 1. The molecule has 0 saturated heterocycles. The van der Waals surface area contributed by atoms with Gasteiger partial charge in [-0.05, 0) is 13.8 Å². The fourth-order valence-corrected chi connectivity index (χ4v) is 0.786. The summed E-state index contributed by atoms with van der Waals surface area (Å²) in [5.74, 6) is -1.44. The standard InChI is InChI=1S/C6H7F4N3/c1-3(2)13-5(7)4(11-12-13)6(8,9)10/h3H,1-2H3. The van der Waals surface area contributed by atoms with Gasteiger partial charge in [0.1, 0.15) is 0 Å². The minimum Gasteiger partial charge on any atom is -0.216 e. The highest BCUT2D eigenvalue weighted by molar-refractivity contribution is 5.01. The zero-order valence-corrected chi connectivity index (χ0v) is 6.93. The molecule has 3 nitrogen and oxygen atoms in total. The maximum atomic E-state index is 12.9. The van der Waals surface area contributed by atoms with Gasteiger partial charge in [0.2, 0.25) is 11.6 Å². The van der Waals surface area contributed by atoms with Crippen LogP contribution in [0.25, 0.3) is 0 Å². The van der Waals surface area contributed by atoms with Crippen LogP contribution in [0.5, 0.6) is 0 Å². The Balaban J connectivity index is 3.14. The second-order valence-corrected chi connectivity index (χ2v) is 2.76. The molecule has 1 rings (SSSR count). The molecule has 1 aromatic rings. The molecule has 0 saturated carbocycles. The van der Waals surface area contributed by atoms with E-state index in [4.69, 9.17) is 0 Å². The molecular weight excluding hydrogens is 190 g/mol. The number of alkyl halides is 3. The van der Waals surface area contributed by atoms with Gasteiger partial charge >= 0.3 is 6.18 Å². The van der Waals surface area contributed by atoms with E-state index < -0.39 is 23.9 Å². The zero-order chi connectivity index (χ0) is 10.2. The molecule has 0 aliphatic heterocycles. The molecule has 7 heteroatoms. The molecule has 0 bridgehead atoms. The predicted octanol–water partition coefficient (Wildman–Crippen LogP) is 2.02. The Morgan fingerprint density at radius 3 is 2.08 bits per heavy atom. The van der Waals surface area contributed by atoms with Crippen LogP contribution in [0.3, 0.4) is 0 Å². The summed E-state index contributed by atoms with van der Waals surface area (Å²) in [7, 11) is 0. The number of hydrogen-bond donors (Lipinski definition) is 0.